The van der Waals surface area contributed by atoms with Gasteiger partial charge in [-0.3, -0.25) is 4.79 Å². The van der Waals surface area contributed by atoms with Crippen molar-refractivity contribution in [1.29, 1.82) is 0 Å². The molecule has 1 aromatic rings. The van der Waals surface area contributed by atoms with Gasteiger partial charge in [0.05, 0.1) is 13.5 Å². The number of carbonyl (C=O) groups excluding carboxylic acids is 1. The van der Waals surface area contributed by atoms with Gasteiger partial charge in [0.1, 0.15) is 0 Å². The van der Waals surface area contributed by atoms with Gasteiger partial charge in [-0.1, -0.05) is 25.1 Å². The molecule has 3 nitrogen and oxygen atoms in total. The number of carbonyl (C=O) groups is 1. The van der Waals surface area contributed by atoms with E-state index < -0.39 is 0 Å². The number of benzene rings is 1. The van der Waals surface area contributed by atoms with Crippen LogP contribution < -0.4 is 5.32 Å². The van der Waals surface area contributed by atoms with E-state index in [2.05, 4.69) is 31.3 Å². The quantitative estimate of drug-likeness (QED) is 0.797. The molecule has 0 aliphatic rings. The van der Waals surface area contributed by atoms with Crippen molar-refractivity contribution >= 4 is 5.97 Å². The molecule has 0 spiro atoms. The molecule has 94 valence electrons. The van der Waals surface area contributed by atoms with Crippen molar-refractivity contribution in [3.05, 3.63) is 34.9 Å². The third-order valence-electron chi connectivity index (χ3n) is 2.94. The van der Waals surface area contributed by atoms with Crippen molar-refractivity contribution in [2.24, 2.45) is 0 Å². The lowest BCUT2D eigenvalue weighted by atomic mass is 9.94. The van der Waals surface area contributed by atoms with Crippen LogP contribution in [-0.2, 0) is 9.53 Å². The van der Waals surface area contributed by atoms with Gasteiger partial charge in [-0.05, 0) is 37.1 Å². The summed E-state index contributed by atoms with van der Waals surface area (Å²) in [6.45, 7) is 7.02. The van der Waals surface area contributed by atoms with E-state index in [-0.39, 0.29) is 12.0 Å². The van der Waals surface area contributed by atoms with Crippen LogP contribution in [0.2, 0.25) is 0 Å². The Kier molecular flexibility index (Phi) is 5.16. The fraction of sp³-hybridized carbons (Fsp3) is 0.500. The predicted octanol–water partition coefficient (Wildman–Crippen LogP) is 2.52. The molecular weight excluding hydrogens is 214 g/mol. The SMILES string of the molecule is CCNC(CC(=O)OC)c1c(C)cccc1C. The van der Waals surface area contributed by atoms with Crippen LogP contribution in [0, 0.1) is 13.8 Å². The Morgan fingerprint density at radius 3 is 2.41 bits per heavy atom. The Balaban J connectivity index is 3.00. The van der Waals surface area contributed by atoms with Crippen LogP contribution in [0.5, 0.6) is 0 Å². The van der Waals surface area contributed by atoms with Crippen LogP contribution in [-0.4, -0.2) is 19.6 Å². The molecule has 1 rings (SSSR count). The smallest absolute Gasteiger partial charge is 0.307 e. The van der Waals surface area contributed by atoms with Gasteiger partial charge >= 0.3 is 5.97 Å². The largest absolute Gasteiger partial charge is 0.469 e. The Hall–Kier alpha value is -1.35. The lowest BCUT2D eigenvalue weighted by Crippen LogP contribution is -2.25. The molecule has 0 aromatic heterocycles. The van der Waals surface area contributed by atoms with Crippen molar-refractivity contribution < 1.29 is 9.53 Å². The predicted molar refractivity (Wildman–Crippen MR) is 69.0 cm³/mol. The standard InChI is InChI=1S/C14H21NO2/c1-5-15-12(9-13(16)17-4)14-10(2)7-6-8-11(14)3/h6-8,12,15H,5,9H2,1-4H3. The minimum Gasteiger partial charge on any atom is -0.469 e. The number of rotatable bonds is 5. The summed E-state index contributed by atoms with van der Waals surface area (Å²) >= 11 is 0. The fourth-order valence-corrected chi connectivity index (χ4v) is 2.15. The molecule has 3 heteroatoms. The second-order valence-electron chi connectivity index (χ2n) is 4.20. The molecule has 0 amide bonds. The third kappa shape index (κ3) is 3.56. The van der Waals surface area contributed by atoms with Gasteiger partial charge in [-0.15, -0.1) is 0 Å². The van der Waals surface area contributed by atoms with Crippen LogP contribution in [0.4, 0.5) is 0 Å². The zero-order valence-corrected chi connectivity index (χ0v) is 11.0. The molecule has 0 saturated carbocycles. The summed E-state index contributed by atoms with van der Waals surface area (Å²) in [6.07, 6.45) is 0.371. The maximum atomic E-state index is 11.4. The van der Waals surface area contributed by atoms with E-state index in [9.17, 15) is 4.79 Å². The van der Waals surface area contributed by atoms with Crippen molar-refractivity contribution in [3.8, 4) is 0 Å². The molecule has 1 unspecified atom stereocenters. The van der Waals surface area contributed by atoms with E-state index in [1.165, 1.54) is 23.8 Å². The van der Waals surface area contributed by atoms with Crippen molar-refractivity contribution in [2.45, 2.75) is 33.2 Å². The Morgan fingerprint density at radius 2 is 1.94 bits per heavy atom. The molecule has 0 bridgehead atoms. The van der Waals surface area contributed by atoms with Crippen molar-refractivity contribution in [1.82, 2.24) is 5.32 Å². The lowest BCUT2D eigenvalue weighted by molar-refractivity contribution is -0.141. The molecule has 1 aromatic carbocycles. The van der Waals surface area contributed by atoms with Crippen LogP contribution in [0.3, 0.4) is 0 Å². The molecular formula is C14H21NO2. The van der Waals surface area contributed by atoms with Gasteiger partial charge < -0.3 is 10.1 Å². The monoisotopic (exact) mass is 235 g/mol. The van der Waals surface area contributed by atoms with E-state index in [0.29, 0.717) is 6.42 Å². The van der Waals surface area contributed by atoms with Crippen LogP contribution in [0.1, 0.15) is 36.1 Å². The van der Waals surface area contributed by atoms with Gasteiger partial charge in [0, 0.05) is 6.04 Å². The second kappa shape index (κ2) is 6.40. The van der Waals surface area contributed by atoms with Crippen molar-refractivity contribution in [3.63, 3.8) is 0 Å². The van der Waals surface area contributed by atoms with E-state index >= 15 is 0 Å². The van der Waals surface area contributed by atoms with E-state index in [4.69, 9.17) is 4.74 Å². The van der Waals surface area contributed by atoms with Crippen LogP contribution in [0.15, 0.2) is 18.2 Å². The number of ether oxygens (including phenoxy) is 1. The highest BCUT2D eigenvalue weighted by Crippen LogP contribution is 2.24. The summed E-state index contributed by atoms with van der Waals surface area (Å²) in [5.74, 6) is -0.182. The zero-order chi connectivity index (χ0) is 12.8. The van der Waals surface area contributed by atoms with E-state index in [1.54, 1.807) is 0 Å². The van der Waals surface area contributed by atoms with Crippen LogP contribution >= 0.6 is 0 Å². The molecule has 17 heavy (non-hydrogen) atoms. The maximum Gasteiger partial charge on any atom is 0.307 e. The number of methoxy groups -OCH3 is 1. The van der Waals surface area contributed by atoms with Crippen LogP contribution in [0.25, 0.3) is 0 Å². The number of esters is 1. The molecule has 0 radical (unpaired) electrons. The summed E-state index contributed by atoms with van der Waals surface area (Å²) in [5, 5.41) is 3.34. The first kappa shape index (κ1) is 13.7. The van der Waals surface area contributed by atoms with Gasteiger partial charge in [-0.2, -0.15) is 0 Å². The average Bonchev–Trinajstić information content (AvgIpc) is 2.28. The number of aryl methyl sites for hydroxylation is 2. The summed E-state index contributed by atoms with van der Waals surface area (Å²) < 4.78 is 4.75. The summed E-state index contributed by atoms with van der Waals surface area (Å²) in [7, 11) is 1.43. The highest BCUT2D eigenvalue weighted by Gasteiger charge is 2.18. The molecule has 0 fully saturated rings. The maximum absolute atomic E-state index is 11.4. The minimum atomic E-state index is -0.182. The number of nitrogens with one attached hydrogen (secondary N) is 1. The first-order valence-corrected chi connectivity index (χ1v) is 5.96. The number of hydrogen-bond donors (Lipinski definition) is 1. The minimum absolute atomic E-state index is 0.0358. The summed E-state index contributed by atoms with van der Waals surface area (Å²) in [4.78, 5) is 11.4. The zero-order valence-electron chi connectivity index (χ0n) is 11.0. The highest BCUT2D eigenvalue weighted by atomic mass is 16.5. The highest BCUT2D eigenvalue weighted by molar-refractivity contribution is 5.70. The Labute approximate surface area is 103 Å². The second-order valence-corrected chi connectivity index (χ2v) is 4.20. The first-order chi connectivity index (χ1) is 8.10. The summed E-state index contributed by atoms with van der Waals surface area (Å²) in [5.41, 5.74) is 3.62. The van der Waals surface area contributed by atoms with Gasteiger partial charge in [-0.25, -0.2) is 0 Å². The molecule has 0 heterocycles. The Bertz CT molecular complexity index is 368. The van der Waals surface area contributed by atoms with Gasteiger partial charge in [0.2, 0.25) is 0 Å². The molecule has 0 saturated heterocycles. The molecule has 0 aliphatic heterocycles. The fourth-order valence-electron chi connectivity index (χ4n) is 2.15. The lowest BCUT2D eigenvalue weighted by Gasteiger charge is -2.21. The average molecular weight is 235 g/mol. The Morgan fingerprint density at radius 1 is 1.35 bits per heavy atom. The molecule has 0 aliphatic carbocycles. The van der Waals surface area contributed by atoms with Gasteiger partial charge in [0.25, 0.3) is 0 Å². The molecule has 1 N–H and O–H groups in total. The number of hydrogen-bond acceptors (Lipinski definition) is 3. The summed E-state index contributed by atoms with van der Waals surface area (Å²) in [6, 6.07) is 6.22. The van der Waals surface area contributed by atoms with E-state index in [1.807, 2.05) is 13.0 Å². The topological polar surface area (TPSA) is 38.3 Å². The third-order valence-corrected chi connectivity index (χ3v) is 2.94. The first-order valence-electron chi connectivity index (χ1n) is 5.96. The normalized spacial score (nSPS) is 12.2. The van der Waals surface area contributed by atoms with E-state index in [0.717, 1.165) is 6.54 Å². The molecule has 1 atom stereocenters. The van der Waals surface area contributed by atoms with Crippen molar-refractivity contribution in [2.75, 3.05) is 13.7 Å². The van der Waals surface area contributed by atoms with Gasteiger partial charge in [0.15, 0.2) is 0 Å².